The van der Waals surface area contributed by atoms with E-state index in [1.54, 1.807) is 6.08 Å². The van der Waals surface area contributed by atoms with E-state index in [1.807, 2.05) is 13.8 Å². The average molecular weight is 467 g/mol. The molecule has 0 saturated heterocycles. The Bertz CT molecular complexity index is 1300. The Labute approximate surface area is 199 Å². The fourth-order valence-corrected chi connectivity index (χ4v) is 4.24. The number of carbonyl (C=O) groups excluding carboxylic acids is 1. The van der Waals surface area contributed by atoms with E-state index < -0.39 is 5.43 Å². The lowest BCUT2D eigenvalue weighted by atomic mass is 9.91. The molecule has 0 amide bonds. The molecule has 0 aliphatic rings. The molecule has 0 radical (unpaired) electrons. The zero-order valence-electron chi connectivity index (χ0n) is 20.7. The number of rotatable bonds is 10. The van der Waals surface area contributed by atoms with Crippen LogP contribution in [0.5, 0.6) is 17.2 Å². The Morgan fingerprint density at radius 3 is 2.18 bits per heavy atom. The number of phenols is 2. The monoisotopic (exact) mass is 466 g/mol. The molecule has 0 saturated carbocycles. The van der Waals surface area contributed by atoms with Crippen LogP contribution in [0.1, 0.15) is 68.9 Å². The first-order chi connectivity index (χ1) is 16.1. The van der Waals surface area contributed by atoms with Crippen molar-refractivity contribution in [1.29, 1.82) is 0 Å². The van der Waals surface area contributed by atoms with Gasteiger partial charge in [-0.2, -0.15) is 0 Å². The molecule has 0 fully saturated rings. The fourth-order valence-electron chi connectivity index (χ4n) is 4.24. The van der Waals surface area contributed by atoms with Gasteiger partial charge in [0.15, 0.2) is 5.78 Å². The van der Waals surface area contributed by atoms with Crippen molar-refractivity contribution >= 4 is 27.7 Å². The highest BCUT2D eigenvalue weighted by atomic mass is 16.5. The number of ether oxygens (including phenoxy) is 1. The second-order valence-electron chi connectivity index (χ2n) is 9.65. The quantitative estimate of drug-likeness (QED) is 0.207. The number of aryl methyl sites for hydroxylation is 1. The van der Waals surface area contributed by atoms with Gasteiger partial charge in [0.05, 0.1) is 10.9 Å². The molecule has 2 N–H and O–H groups in total. The van der Waals surface area contributed by atoms with Crippen molar-refractivity contribution in [1.82, 2.24) is 0 Å². The van der Waals surface area contributed by atoms with Gasteiger partial charge in [-0.3, -0.25) is 9.59 Å². The molecule has 0 unspecified atom stereocenters. The third-order valence-corrected chi connectivity index (χ3v) is 6.03. The molecule has 0 aliphatic heterocycles. The Morgan fingerprint density at radius 1 is 1.03 bits per heavy atom. The van der Waals surface area contributed by atoms with E-state index in [0.29, 0.717) is 47.1 Å². The van der Waals surface area contributed by atoms with E-state index in [2.05, 4.69) is 20.4 Å². The normalized spacial score (nSPS) is 11.6. The number of fused-ring (bicyclic) bond motifs is 2. The van der Waals surface area contributed by atoms with E-state index in [0.717, 1.165) is 12.8 Å². The molecule has 182 valence electrons. The lowest BCUT2D eigenvalue weighted by Crippen LogP contribution is -2.13. The minimum atomic E-state index is -0.420. The summed E-state index contributed by atoms with van der Waals surface area (Å²) in [4.78, 5) is 26.5. The van der Waals surface area contributed by atoms with Gasteiger partial charge in [0.1, 0.15) is 40.4 Å². The Hall–Kier alpha value is -3.28. The SMILES string of the molecule is C=CCOc1cc2oc3cc(O)c(CCC(C)C)c(O)c3c(=O)c2c(CCC(C)C)c1C(C)=O. The number of ketones is 1. The second kappa shape index (κ2) is 10.3. The highest BCUT2D eigenvalue weighted by Crippen LogP contribution is 2.39. The van der Waals surface area contributed by atoms with Crippen LogP contribution in [0.25, 0.3) is 21.9 Å². The number of hydrogen-bond donors (Lipinski definition) is 2. The van der Waals surface area contributed by atoms with Gasteiger partial charge in [0.2, 0.25) is 5.43 Å². The Morgan fingerprint density at radius 2 is 1.62 bits per heavy atom. The lowest BCUT2D eigenvalue weighted by Gasteiger charge is -2.17. The maximum absolute atomic E-state index is 13.8. The van der Waals surface area contributed by atoms with Crippen molar-refractivity contribution in [3.05, 3.63) is 51.7 Å². The van der Waals surface area contributed by atoms with Crippen LogP contribution in [0.3, 0.4) is 0 Å². The third kappa shape index (κ3) is 4.96. The summed E-state index contributed by atoms with van der Waals surface area (Å²) >= 11 is 0. The first-order valence-corrected chi connectivity index (χ1v) is 11.8. The van der Waals surface area contributed by atoms with E-state index in [-0.39, 0.29) is 45.8 Å². The topological polar surface area (TPSA) is 97.0 Å². The standard InChI is InChI=1S/C28H34O6/c1-7-12-33-21-14-23-25(19(11-9-16(4)5)24(21)17(6)29)28(32)26-22(34-23)13-20(30)18(27(26)31)10-8-15(2)3/h7,13-16,30-31H,1,8-12H2,2-6H3. The van der Waals surface area contributed by atoms with Crippen LogP contribution in [0.2, 0.25) is 0 Å². The van der Waals surface area contributed by atoms with Gasteiger partial charge in [0, 0.05) is 17.7 Å². The lowest BCUT2D eigenvalue weighted by molar-refractivity contribution is 0.101. The molecule has 0 bridgehead atoms. The van der Waals surface area contributed by atoms with Crippen LogP contribution in [-0.2, 0) is 12.8 Å². The summed E-state index contributed by atoms with van der Waals surface area (Å²) in [5.41, 5.74) is 1.14. The summed E-state index contributed by atoms with van der Waals surface area (Å²) in [6, 6.07) is 2.92. The van der Waals surface area contributed by atoms with Crippen molar-refractivity contribution in [3.8, 4) is 17.2 Å². The van der Waals surface area contributed by atoms with Gasteiger partial charge in [-0.15, -0.1) is 0 Å². The van der Waals surface area contributed by atoms with Crippen molar-refractivity contribution in [2.45, 2.75) is 60.3 Å². The van der Waals surface area contributed by atoms with Crippen LogP contribution < -0.4 is 10.2 Å². The maximum atomic E-state index is 13.8. The average Bonchev–Trinajstić information content (AvgIpc) is 2.74. The summed E-state index contributed by atoms with van der Waals surface area (Å²) in [6.45, 7) is 13.5. The molecule has 1 heterocycles. The number of hydrogen-bond acceptors (Lipinski definition) is 6. The predicted octanol–water partition coefficient (Wildman–Crippen LogP) is 6.30. The molecule has 34 heavy (non-hydrogen) atoms. The first-order valence-electron chi connectivity index (χ1n) is 11.8. The highest BCUT2D eigenvalue weighted by Gasteiger charge is 2.25. The van der Waals surface area contributed by atoms with E-state index >= 15 is 0 Å². The zero-order chi connectivity index (χ0) is 25.2. The highest BCUT2D eigenvalue weighted by molar-refractivity contribution is 6.05. The molecule has 0 spiro atoms. The predicted molar refractivity (Wildman–Crippen MR) is 135 cm³/mol. The maximum Gasteiger partial charge on any atom is 0.204 e. The van der Waals surface area contributed by atoms with Crippen LogP contribution in [0.4, 0.5) is 0 Å². The Kier molecular flexibility index (Phi) is 7.70. The fraction of sp³-hybridized carbons (Fsp3) is 0.429. The molecule has 1 aromatic heterocycles. The summed E-state index contributed by atoms with van der Waals surface area (Å²) in [7, 11) is 0. The molecule has 2 aromatic carbocycles. The summed E-state index contributed by atoms with van der Waals surface area (Å²) in [5.74, 6) is 0.425. The largest absolute Gasteiger partial charge is 0.507 e. The third-order valence-electron chi connectivity index (χ3n) is 6.03. The van der Waals surface area contributed by atoms with Crippen LogP contribution in [0.15, 0.2) is 34.0 Å². The molecule has 6 nitrogen and oxygen atoms in total. The van der Waals surface area contributed by atoms with Crippen molar-refractivity contribution in [3.63, 3.8) is 0 Å². The van der Waals surface area contributed by atoms with Gasteiger partial charge in [-0.05, 0) is 50.0 Å². The molecule has 3 aromatic rings. The summed E-state index contributed by atoms with van der Waals surface area (Å²) in [6.07, 6.45) is 3.97. The van der Waals surface area contributed by atoms with Crippen molar-refractivity contribution in [2.24, 2.45) is 11.8 Å². The Balaban J connectivity index is 2.42. The van der Waals surface area contributed by atoms with E-state index in [4.69, 9.17) is 9.15 Å². The minimum Gasteiger partial charge on any atom is -0.507 e. The minimum absolute atomic E-state index is 0.0177. The van der Waals surface area contributed by atoms with Crippen molar-refractivity contribution in [2.75, 3.05) is 6.61 Å². The van der Waals surface area contributed by atoms with Crippen LogP contribution in [-0.4, -0.2) is 22.6 Å². The number of carbonyl (C=O) groups is 1. The van der Waals surface area contributed by atoms with Gasteiger partial charge in [0.25, 0.3) is 0 Å². The summed E-state index contributed by atoms with van der Waals surface area (Å²) < 4.78 is 11.8. The molecule has 0 atom stereocenters. The van der Waals surface area contributed by atoms with E-state index in [9.17, 15) is 19.8 Å². The smallest absolute Gasteiger partial charge is 0.204 e. The first kappa shape index (κ1) is 25.3. The molecular weight excluding hydrogens is 432 g/mol. The number of Topliss-reactive ketones (excluding diaryl/α,β-unsaturated/α-hetero) is 1. The number of phenolic OH excluding ortho intramolecular Hbond substituents is 2. The van der Waals surface area contributed by atoms with Gasteiger partial charge in [-0.1, -0.05) is 40.3 Å². The number of benzene rings is 2. The zero-order valence-corrected chi connectivity index (χ0v) is 20.7. The van der Waals surface area contributed by atoms with Crippen LogP contribution >= 0.6 is 0 Å². The molecule has 0 aliphatic carbocycles. The van der Waals surface area contributed by atoms with Crippen LogP contribution in [0, 0.1) is 11.8 Å². The molecular formula is C28H34O6. The van der Waals surface area contributed by atoms with Gasteiger partial charge in [-0.25, -0.2) is 0 Å². The molecule has 3 rings (SSSR count). The molecule has 6 heteroatoms. The second-order valence-corrected chi connectivity index (χ2v) is 9.65. The van der Waals surface area contributed by atoms with Crippen molar-refractivity contribution < 1.29 is 24.2 Å². The summed E-state index contributed by atoms with van der Waals surface area (Å²) in [5, 5.41) is 21.9. The van der Waals surface area contributed by atoms with Gasteiger partial charge >= 0.3 is 0 Å². The number of aromatic hydroxyl groups is 2. The van der Waals surface area contributed by atoms with E-state index in [1.165, 1.54) is 19.1 Å². The van der Waals surface area contributed by atoms with Gasteiger partial charge < -0.3 is 19.4 Å².